The molecule has 2 aliphatic rings. The topological polar surface area (TPSA) is 91.5 Å². The summed E-state index contributed by atoms with van der Waals surface area (Å²) in [6.07, 6.45) is 5.85. The van der Waals surface area contributed by atoms with Crippen molar-refractivity contribution in [2.75, 3.05) is 18.0 Å². The molecule has 7 heteroatoms. The van der Waals surface area contributed by atoms with Crippen LogP contribution in [-0.4, -0.2) is 34.3 Å². The molecular formula is C23H32N4O3. The molecule has 0 radical (unpaired) electrons. The number of aromatic nitrogens is 2. The van der Waals surface area contributed by atoms with Gasteiger partial charge in [0.15, 0.2) is 0 Å². The molecule has 1 aliphatic carbocycles. The molecule has 0 spiro atoms. The van der Waals surface area contributed by atoms with Crippen LogP contribution in [0.15, 0.2) is 22.7 Å². The number of aliphatic carboxylic acids is 1. The lowest BCUT2D eigenvalue weighted by atomic mass is 9.77. The van der Waals surface area contributed by atoms with Gasteiger partial charge in [-0.15, -0.1) is 0 Å². The Bertz CT molecular complexity index is 871. The molecular weight excluding hydrogens is 380 g/mol. The van der Waals surface area contributed by atoms with E-state index in [1.54, 1.807) is 0 Å². The van der Waals surface area contributed by atoms with E-state index in [2.05, 4.69) is 47.4 Å². The van der Waals surface area contributed by atoms with Crippen molar-refractivity contribution in [3.63, 3.8) is 0 Å². The number of fused-ring (bicyclic) bond motifs is 1. The molecule has 1 saturated carbocycles. The minimum atomic E-state index is -0.778. The third-order valence-corrected chi connectivity index (χ3v) is 6.62. The Morgan fingerprint density at radius 3 is 2.83 bits per heavy atom. The fourth-order valence-corrected chi connectivity index (χ4v) is 4.74. The largest absolute Gasteiger partial charge is 0.481 e. The number of hydrogen-bond acceptors (Lipinski definition) is 6. The van der Waals surface area contributed by atoms with Crippen LogP contribution >= 0.6 is 0 Å². The number of benzene rings is 1. The van der Waals surface area contributed by atoms with E-state index in [9.17, 15) is 4.79 Å². The van der Waals surface area contributed by atoms with Gasteiger partial charge in [-0.1, -0.05) is 26.0 Å². The van der Waals surface area contributed by atoms with E-state index in [4.69, 9.17) is 14.6 Å². The Morgan fingerprint density at radius 2 is 2.10 bits per heavy atom. The number of nitrogens with zero attached hydrogens (tertiary/aromatic N) is 3. The summed E-state index contributed by atoms with van der Waals surface area (Å²) < 4.78 is 5.68. The number of rotatable bonds is 8. The van der Waals surface area contributed by atoms with Crippen LogP contribution in [0.1, 0.15) is 68.9 Å². The van der Waals surface area contributed by atoms with Crippen LogP contribution < -0.4 is 10.2 Å². The molecule has 1 aromatic carbocycles. The number of carboxylic acid groups (broad SMARTS) is 1. The first-order valence-corrected chi connectivity index (χ1v) is 11.2. The summed E-state index contributed by atoms with van der Waals surface area (Å²) in [4.78, 5) is 17.5. The van der Waals surface area contributed by atoms with Crippen molar-refractivity contribution >= 4 is 17.6 Å². The first-order valence-electron chi connectivity index (χ1n) is 11.2. The smallest absolute Gasteiger partial charge is 0.304 e. The average molecular weight is 413 g/mol. The highest BCUT2D eigenvalue weighted by molar-refractivity contribution is 5.67. The summed E-state index contributed by atoms with van der Waals surface area (Å²) in [6, 6.07) is 6.39. The van der Waals surface area contributed by atoms with Gasteiger partial charge in [-0.25, -0.2) is 0 Å². The Hall–Kier alpha value is -2.41. The van der Waals surface area contributed by atoms with Crippen molar-refractivity contribution in [2.24, 2.45) is 11.8 Å². The molecule has 0 atom stereocenters. The second-order valence-electron chi connectivity index (χ2n) is 8.97. The van der Waals surface area contributed by atoms with Gasteiger partial charge in [0.2, 0.25) is 5.89 Å². The van der Waals surface area contributed by atoms with Gasteiger partial charge in [0.25, 0.3) is 5.95 Å². The van der Waals surface area contributed by atoms with E-state index in [0.29, 0.717) is 25.0 Å². The molecule has 1 aromatic heterocycles. The molecule has 30 heavy (non-hydrogen) atoms. The number of hydrogen-bond donors (Lipinski definition) is 2. The van der Waals surface area contributed by atoms with Crippen LogP contribution in [0, 0.1) is 11.8 Å². The summed E-state index contributed by atoms with van der Waals surface area (Å²) in [6.45, 7) is 6.63. The highest BCUT2D eigenvalue weighted by atomic mass is 16.5. The molecule has 0 amide bonds. The lowest BCUT2D eigenvalue weighted by Crippen LogP contribution is -2.18. The van der Waals surface area contributed by atoms with Crippen LogP contribution in [0.5, 0.6) is 0 Å². The molecule has 1 fully saturated rings. The Kier molecular flexibility index (Phi) is 6.37. The van der Waals surface area contributed by atoms with Gasteiger partial charge < -0.3 is 19.8 Å². The average Bonchev–Trinajstić information content (AvgIpc) is 3.38. The molecule has 2 heterocycles. The van der Waals surface area contributed by atoms with Crippen LogP contribution in [0.3, 0.4) is 0 Å². The van der Waals surface area contributed by atoms with Crippen LogP contribution in [0.2, 0.25) is 0 Å². The monoisotopic (exact) mass is 412 g/mol. The first kappa shape index (κ1) is 20.8. The van der Waals surface area contributed by atoms with E-state index in [-0.39, 0.29) is 6.42 Å². The summed E-state index contributed by atoms with van der Waals surface area (Å²) in [5.41, 5.74) is 3.58. The third-order valence-electron chi connectivity index (χ3n) is 6.62. The highest BCUT2D eigenvalue weighted by Gasteiger charge is 2.30. The second kappa shape index (κ2) is 9.16. The van der Waals surface area contributed by atoms with Gasteiger partial charge in [-0.3, -0.25) is 4.79 Å². The van der Waals surface area contributed by atoms with Crippen molar-refractivity contribution < 1.29 is 14.4 Å². The summed E-state index contributed by atoms with van der Waals surface area (Å²) in [7, 11) is 0. The zero-order valence-corrected chi connectivity index (χ0v) is 17.9. The minimum Gasteiger partial charge on any atom is -0.481 e. The fourth-order valence-electron chi connectivity index (χ4n) is 4.74. The Morgan fingerprint density at radius 1 is 1.30 bits per heavy atom. The zero-order valence-electron chi connectivity index (χ0n) is 17.9. The number of nitrogens with one attached hydrogen (secondary N) is 1. The maximum absolute atomic E-state index is 10.6. The van der Waals surface area contributed by atoms with Crippen molar-refractivity contribution in [3.8, 4) is 0 Å². The van der Waals surface area contributed by atoms with Gasteiger partial charge in [0.1, 0.15) is 0 Å². The van der Waals surface area contributed by atoms with E-state index < -0.39 is 5.97 Å². The first-order chi connectivity index (χ1) is 14.5. The van der Waals surface area contributed by atoms with Crippen molar-refractivity contribution in [1.29, 1.82) is 0 Å². The predicted octanol–water partition coefficient (Wildman–Crippen LogP) is 4.26. The van der Waals surface area contributed by atoms with Crippen molar-refractivity contribution in [2.45, 2.75) is 64.8 Å². The summed E-state index contributed by atoms with van der Waals surface area (Å²) in [5.74, 6) is 2.65. The second-order valence-corrected chi connectivity index (χ2v) is 8.97. The minimum absolute atomic E-state index is 0.137. The zero-order chi connectivity index (χ0) is 21.1. The van der Waals surface area contributed by atoms with Crippen LogP contribution in [0.4, 0.5) is 11.6 Å². The molecule has 0 saturated heterocycles. The third kappa shape index (κ3) is 4.67. The summed E-state index contributed by atoms with van der Waals surface area (Å²) >= 11 is 0. The molecule has 7 nitrogen and oxygen atoms in total. The normalized spacial score (nSPS) is 21.2. The number of carboxylic acids is 1. The molecule has 162 valence electrons. The lowest BCUT2D eigenvalue weighted by molar-refractivity contribution is -0.136. The van der Waals surface area contributed by atoms with Gasteiger partial charge in [-0.2, -0.15) is 4.98 Å². The van der Waals surface area contributed by atoms with Crippen molar-refractivity contribution in [1.82, 2.24) is 15.5 Å². The molecule has 0 bridgehead atoms. The molecule has 2 aromatic rings. The van der Waals surface area contributed by atoms with Gasteiger partial charge in [-0.05, 0) is 66.3 Å². The van der Waals surface area contributed by atoms with E-state index in [1.165, 1.54) is 18.4 Å². The quantitative estimate of drug-likeness (QED) is 0.626. The van der Waals surface area contributed by atoms with E-state index >= 15 is 0 Å². The summed E-state index contributed by atoms with van der Waals surface area (Å²) in [5, 5.41) is 16.2. The molecule has 0 unspecified atom stereocenters. The van der Waals surface area contributed by atoms with Gasteiger partial charge in [0, 0.05) is 31.2 Å². The number of anilines is 2. The maximum atomic E-state index is 10.6. The lowest BCUT2D eigenvalue weighted by Gasteiger charge is -2.28. The SMILES string of the molecule is CC(C)C1CCC(c2nc(N3CCc4cc(CNCCC(=O)O)ccc43)no2)CC1. The predicted molar refractivity (Wildman–Crippen MR) is 115 cm³/mol. The fraction of sp³-hybridized carbons (Fsp3) is 0.609. The standard InChI is InChI=1S/C23H32N4O3/c1-15(2)17-4-6-18(7-5-17)22-25-23(26-30-22)27-12-10-19-13-16(3-8-20(19)27)14-24-11-9-21(28)29/h3,8,13,15,17-18,24H,4-7,9-12,14H2,1-2H3,(H,28,29). The maximum Gasteiger partial charge on any atom is 0.304 e. The van der Waals surface area contributed by atoms with E-state index in [1.807, 2.05) is 0 Å². The Balaban J connectivity index is 1.37. The van der Waals surface area contributed by atoms with Gasteiger partial charge >= 0.3 is 5.97 Å². The molecule has 2 N–H and O–H groups in total. The highest BCUT2D eigenvalue weighted by Crippen LogP contribution is 2.39. The van der Waals surface area contributed by atoms with E-state index in [0.717, 1.165) is 54.8 Å². The van der Waals surface area contributed by atoms with Crippen LogP contribution in [-0.2, 0) is 17.8 Å². The van der Waals surface area contributed by atoms with Gasteiger partial charge in [0.05, 0.1) is 6.42 Å². The van der Waals surface area contributed by atoms with Crippen LogP contribution in [0.25, 0.3) is 0 Å². The number of carbonyl (C=O) groups is 1. The molecule has 4 rings (SSSR count). The Labute approximate surface area is 177 Å². The van der Waals surface area contributed by atoms with Crippen molar-refractivity contribution in [3.05, 3.63) is 35.2 Å². The molecule has 1 aliphatic heterocycles.